The third-order valence-electron chi connectivity index (χ3n) is 5.90. The number of phenolic OH excluding ortho intramolecular Hbond substituents is 1. The van der Waals surface area contributed by atoms with E-state index in [0.29, 0.717) is 11.4 Å². The Kier molecular flexibility index (Phi) is 4.01. The fourth-order valence-electron chi connectivity index (χ4n) is 4.47. The number of phenols is 1. The topological polar surface area (TPSA) is 66.6 Å². The summed E-state index contributed by atoms with van der Waals surface area (Å²) in [5, 5.41) is 18.4. The van der Waals surface area contributed by atoms with E-state index in [1.807, 2.05) is 30.3 Å². The predicted molar refractivity (Wildman–Crippen MR) is 120 cm³/mol. The maximum Gasteiger partial charge on any atom is 0.185 e. The standard InChI is InChI=1S/C23H21N5OS/c1-2-8-27-9-7-16-19(12-27)30-23-20(16)22-25-21(26-28(22)13-24-23)17-10-14-5-3-4-6-15(14)11-18(17)29/h3-6,10-11,13,29H,2,7-9,12H2,1H3. The van der Waals surface area contributed by atoms with Crippen LogP contribution in [0.25, 0.3) is 38.0 Å². The van der Waals surface area contributed by atoms with Crippen LogP contribution in [-0.4, -0.2) is 42.7 Å². The van der Waals surface area contributed by atoms with Crippen LogP contribution in [-0.2, 0) is 13.0 Å². The molecule has 0 fully saturated rings. The number of aromatic hydroxyl groups is 1. The first-order chi connectivity index (χ1) is 14.7. The minimum atomic E-state index is 0.191. The molecule has 0 saturated heterocycles. The number of hydrogen-bond donors (Lipinski definition) is 1. The molecule has 150 valence electrons. The summed E-state index contributed by atoms with van der Waals surface area (Å²) >= 11 is 1.77. The van der Waals surface area contributed by atoms with Crippen LogP contribution in [0.2, 0.25) is 0 Å². The summed E-state index contributed by atoms with van der Waals surface area (Å²) in [5.74, 6) is 0.715. The second-order valence-electron chi connectivity index (χ2n) is 7.87. The molecular weight excluding hydrogens is 394 g/mol. The Balaban J connectivity index is 1.52. The van der Waals surface area contributed by atoms with Gasteiger partial charge < -0.3 is 5.11 Å². The number of benzene rings is 2. The minimum absolute atomic E-state index is 0.191. The van der Waals surface area contributed by atoms with Gasteiger partial charge >= 0.3 is 0 Å². The largest absolute Gasteiger partial charge is 0.507 e. The summed E-state index contributed by atoms with van der Waals surface area (Å²) in [5.41, 5.74) is 2.83. The van der Waals surface area contributed by atoms with Gasteiger partial charge in [-0.15, -0.1) is 16.4 Å². The van der Waals surface area contributed by atoms with Crippen LogP contribution < -0.4 is 0 Å². The van der Waals surface area contributed by atoms with Crippen molar-refractivity contribution in [2.45, 2.75) is 26.3 Å². The zero-order chi connectivity index (χ0) is 20.2. The molecule has 0 aliphatic carbocycles. The van der Waals surface area contributed by atoms with E-state index >= 15 is 0 Å². The number of hydrogen-bond acceptors (Lipinski definition) is 6. The molecule has 4 heterocycles. The van der Waals surface area contributed by atoms with Gasteiger partial charge in [-0.1, -0.05) is 31.2 Å². The molecule has 0 spiro atoms. The van der Waals surface area contributed by atoms with E-state index in [4.69, 9.17) is 4.98 Å². The summed E-state index contributed by atoms with van der Waals surface area (Å²) in [6.07, 6.45) is 3.92. The maximum absolute atomic E-state index is 10.6. The van der Waals surface area contributed by atoms with E-state index in [-0.39, 0.29) is 5.75 Å². The third kappa shape index (κ3) is 2.69. The highest BCUT2D eigenvalue weighted by Crippen LogP contribution is 2.37. The quantitative estimate of drug-likeness (QED) is 0.465. The summed E-state index contributed by atoms with van der Waals surface area (Å²) in [6, 6.07) is 11.7. The van der Waals surface area contributed by atoms with Gasteiger partial charge in [-0.3, -0.25) is 4.90 Å². The fraction of sp³-hybridized carbons (Fsp3) is 0.261. The van der Waals surface area contributed by atoms with Crippen LogP contribution in [0.15, 0.2) is 42.7 Å². The van der Waals surface area contributed by atoms with Crippen molar-refractivity contribution in [3.63, 3.8) is 0 Å². The van der Waals surface area contributed by atoms with E-state index < -0.39 is 0 Å². The zero-order valence-electron chi connectivity index (χ0n) is 16.7. The van der Waals surface area contributed by atoms with E-state index in [0.717, 1.165) is 52.7 Å². The Bertz CT molecular complexity index is 1420. The van der Waals surface area contributed by atoms with Gasteiger partial charge in [0.05, 0.1) is 10.9 Å². The first-order valence-corrected chi connectivity index (χ1v) is 11.1. The lowest BCUT2D eigenvalue weighted by molar-refractivity contribution is 0.258. The van der Waals surface area contributed by atoms with Crippen LogP contribution in [0.5, 0.6) is 5.75 Å². The first-order valence-electron chi connectivity index (χ1n) is 10.3. The van der Waals surface area contributed by atoms with Crippen LogP contribution >= 0.6 is 11.3 Å². The molecule has 0 amide bonds. The maximum atomic E-state index is 10.6. The van der Waals surface area contributed by atoms with Crippen molar-refractivity contribution in [3.05, 3.63) is 53.2 Å². The number of rotatable bonds is 3. The molecule has 0 unspecified atom stereocenters. The summed E-state index contributed by atoms with van der Waals surface area (Å²) in [7, 11) is 0. The molecule has 1 aliphatic heterocycles. The summed E-state index contributed by atoms with van der Waals surface area (Å²) < 4.78 is 1.75. The van der Waals surface area contributed by atoms with Gasteiger partial charge in [-0.05, 0) is 47.9 Å². The van der Waals surface area contributed by atoms with Gasteiger partial charge in [0, 0.05) is 18.0 Å². The van der Waals surface area contributed by atoms with Crippen molar-refractivity contribution in [1.29, 1.82) is 0 Å². The molecule has 0 atom stereocenters. The van der Waals surface area contributed by atoms with E-state index in [2.05, 4.69) is 21.9 Å². The molecule has 0 bridgehead atoms. The zero-order valence-corrected chi connectivity index (χ0v) is 17.5. The predicted octanol–water partition coefficient (Wildman–Crippen LogP) is 4.63. The van der Waals surface area contributed by atoms with Crippen molar-refractivity contribution in [1.82, 2.24) is 24.5 Å². The van der Waals surface area contributed by atoms with Crippen LogP contribution in [0.1, 0.15) is 23.8 Å². The average Bonchev–Trinajstić information content (AvgIpc) is 3.34. The molecule has 1 N–H and O–H groups in total. The molecule has 1 aliphatic rings. The molecule has 7 heteroatoms. The van der Waals surface area contributed by atoms with Crippen LogP contribution in [0, 0.1) is 0 Å². The van der Waals surface area contributed by atoms with Gasteiger partial charge in [-0.2, -0.15) is 0 Å². The highest BCUT2D eigenvalue weighted by molar-refractivity contribution is 7.19. The molecule has 6 nitrogen and oxygen atoms in total. The van der Waals surface area contributed by atoms with E-state index in [1.54, 1.807) is 28.2 Å². The highest BCUT2D eigenvalue weighted by atomic mass is 32.1. The molecule has 3 aromatic heterocycles. The smallest absolute Gasteiger partial charge is 0.185 e. The molecule has 2 aromatic carbocycles. The Labute approximate surface area is 177 Å². The first kappa shape index (κ1) is 17.8. The van der Waals surface area contributed by atoms with Crippen molar-refractivity contribution < 1.29 is 5.11 Å². The van der Waals surface area contributed by atoms with Crippen molar-refractivity contribution in [2.75, 3.05) is 13.1 Å². The van der Waals surface area contributed by atoms with Crippen LogP contribution in [0.4, 0.5) is 0 Å². The fourth-order valence-corrected chi connectivity index (χ4v) is 5.70. The summed E-state index contributed by atoms with van der Waals surface area (Å²) in [6.45, 7) is 5.42. The molecule has 5 aromatic rings. The van der Waals surface area contributed by atoms with Gasteiger partial charge in [-0.25, -0.2) is 14.5 Å². The van der Waals surface area contributed by atoms with Gasteiger partial charge in [0.1, 0.15) is 16.9 Å². The molecule has 0 saturated carbocycles. The molecule has 30 heavy (non-hydrogen) atoms. The normalized spacial score (nSPS) is 14.7. The number of thiophene rings is 1. The number of aromatic nitrogens is 4. The van der Waals surface area contributed by atoms with E-state index in [9.17, 15) is 5.11 Å². The Morgan fingerprint density at radius 2 is 2.00 bits per heavy atom. The van der Waals surface area contributed by atoms with Gasteiger partial charge in [0.25, 0.3) is 0 Å². The molecule has 6 rings (SSSR count). The lowest BCUT2D eigenvalue weighted by Gasteiger charge is -2.26. The van der Waals surface area contributed by atoms with Gasteiger partial charge in [0.2, 0.25) is 0 Å². The van der Waals surface area contributed by atoms with E-state index in [1.165, 1.54) is 16.9 Å². The summed E-state index contributed by atoms with van der Waals surface area (Å²) in [4.78, 5) is 14.4. The Morgan fingerprint density at radius 3 is 2.83 bits per heavy atom. The van der Waals surface area contributed by atoms with Crippen LogP contribution in [0.3, 0.4) is 0 Å². The Morgan fingerprint density at radius 1 is 1.17 bits per heavy atom. The number of fused-ring (bicyclic) bond motifs is 6. The average molecular weight is 416 g/mol. The lowest BCUT2D eigenvalue weighted by Crippen LogP contribution is -2.30. The second kappa shape index (κ2) is 6.75. The highest BCUT2D eigenvalue weighted by Gasteiger charge is 2.24. The number of nitrogens with zero attached hydrogens (tertiary/aromatic N) is 5. The van der Waals surface area contributed by atoms with Crippen molar-refractivity contribution in [3.8, 4) is 17.1 Å². The molecular formula is C23H21N5OS. The third-order valence-corrected chi connectivity index (χ3v) is 7.03. The lowest BCUT2D eigenvalue weighted by atomic mass is 10.0. The van der Waals surface area contributed by atoms with Gasteiger partial charge in [0.15, 0.2) is 11.5 Å². The van der Waals surface area contributed by atoms with Crippen molar-refractivity contribution >= 4 is 38.0 Å². The second-order valence-corrected chi connectivity index (χ2v) is 8.96. The monoisotopic (exact) mass is 415 g/mol. The Hall–Kier alpha value is -3.03. The SMILES string of the molecule is CCCN1CCc2c(sc3ncn4nc(-c5cc6ccccc6cc5O)nc4c23)C1. The van der Waals surface area contributed by atoms with Crippen molar-refractivity contribution in [2.24, 2.45) is 0 Å². The molecule has 0 radical (unpaired) electrons. The minimum Gasteiger partial charge on any atom is -0.507 e.